The summed E-state index contributed by atoms with van der Waals surface area (Å²) in [4.78, 5) is 50.9. The molecule has 0 saturated heterocycles. The molecule has 0 atom stereocenters. The van der Waals surface area contributed by atoms with Gasteiger partial charge in [0.1, 0.15) is 24.0 Å². The molecule has 0 bridgehead atoms. The van der Waals surface area contributed by atoms with Crippen molar-refractivity contribution in [3.05, 3.63) is 56.9 Å². The Morgan fingerprint density at radius 1 is 0.815 bits per heavy atom. The van der Waals surface area contributed by atoms with Gasteiger partial charge in [-0.25, -0.2) is 9.97 Å². The molecule has 0 aliphatic carbocycles. The molecular formula is C15H14N6O6. The van der Waals surface area contributed by atoms with E-state index in [0.29, 0.717) is 0 Å². The first kappa shape index (κ1) is 19.4. The van der Waals surface area contributed by atoms with Crippen LogP contribution in [0, 0.1) is 20.2 Å². The molecule has 2 rings (SSSR count). The second-order valence-corrected chi connectivity index (χ2v) is 5.27. The third-order valence-corrected chi connectivity index (χ3v) is 3.26. The van der Waals surface area contributed by atoms with E-state index < -0.39 is 21.7 Å². The number of pyridine rings is 2. The second kappa shape index (κ2) is 8.94. The van der Waals surface area contributed by atoms with Gasteiger partial charge in [0, 0.05) is 25.0 Å². The van der Waals surface area contributed by atoms with Crippen molar-refractivity contribution in [1.82, 2.24) is 9.97 Å². The van der Waals surface area contributed by atoms with E-state index in [1.54, 1.807) is 0 Å². The van der Waals surface area contributed by atoms with E-state index in [2.05, 4.69) is 20.6 Å². The lowest BCUT2D eigenvalue weighted by molar-refractivity contribution is -0.385. The molecule has 2 N–H and O–H groups in total. The van der Waals surface area contributed by atoms with Crippen molar-refractivity contribution in [2.45, 2.75) is 19.3 Å². The largest absolute Gasteiger partial charge is 0.311 e. The monoisotopic (exact) mass is 374 g/mol. The van der Waals surface area contributed by atoms with Crippen molar-refractivity contribution in [2.75, 3.05) is 10.6 Å². The molecule has 0 saturated carbocycles. The molecule has 0 aliphatic heterocycles. The molecule has 2 aromatic rings. The van der Waals surface area contributed by atoms with E-state index in [4.69, 9.17) is 0 Å². The van der Waals surface area contributed by atoms with Crippen LogP contribution in [-0.2, 0) is 9.59 Å². The molecule has 12 heteroatoms. The third-order valence-electron chi connectivity index (χ3n) is 3.26. The van der Waals surface area contributed by atoms with E-state index in [-0.39, 0.29) is 42.3 Å². The Labute approximate surface area is 151 Å². The summed E-state index contributed by atoms with van der Waals surface area (Å²) >= 11 is 0. The number of carbonyl (C=O) groups excluding carboxylic acids is 2. The number of nitrogens with one attached hydrogen (secondary N) is 2. The number of nitro groups is 2. The lowest BCUT2D eigenvalue weighted by Gasteiger charge is -2.05. The van der Waals surface area contributed by atoms with E-state index in [9.17, 15) is 29.8 Å². The second-order valence-electron chi connectivity index (χ2n) is 5.27. The molecule has 0 unspecified atom stereocenters. The van der Waals surface area contributed by atoms with Gasteiger partial charge >= 0.3 is 0 Å². The van der Waals surface area contributed by atoms with Gasteiger partial charge in [-0.3, -0.25) is 29.8 Å². The van der Waals surface area contributed by atoms with Gasteiger partial charge in [0.25, 0.3) is 11.4 Å². The molecule has 2 amide bonds. The Bertz CT molecular complexity index is 781. The van der Waals surface area contributed by atoms with Gasteiger partial charge in [-0.05, 0) is 18.6 Å². The van der Waals surface area contributed by atoms with Crippen LogP contribution in [0.2, 0.25) is 0 Å². The first-order valence-corrected chi connectivity index (χ1v) is 7.66. The molecule has 2 aromatic heterocycles. The minimum absolute atomic E-state index is 0.0414. The summed E-state index contributed by atoms with van der Waals surface area (Å²) in [5.74, 6) is -0.439. The Hall–Kier alpha value is -3.96. The Balaban J connectivity index is 1.73. The molecule has 0 aliphatic rings. The molecule has 0 aromatic carbocycles. The summed E-state index contributed by atoms with van der Waals surface area (Å²) in [6, 6.07) is 5.05. The molecule has 12 nitrogen and oxygen atoms in total. The normalized spacial score (nSPS) is 10.1. The summed E-state index contributed by atoms with van der Waals surface area (Å²) < 4.78 is 0. The average Bonchev–Trinajstić information content (AvgIpc) is 2.62. The van der Waals surface area contributed by atoms with Gasteiger partial charge in [0.2, 0.25) is 11.8 Å². The predicted molar refractivity (Wildman–Crippen MR) is 92.9 cm³/mol. The number of carbonyl (C=O) groups is 2. The summed E-state index contributed by atoms with van der Waals surface area (Å²) in [7, 11) is 0. The minimum Gasteiger partial charge on any atom is -0.311 e. The minimum atomic E-state index is -0.600. The smallest absolute Gasteiger partial charge is 0.287 e. The van der Waals surface area contributed by atoms with Gasteiger partial charge in [-0.1, -0.05) is 0 Å². The first-order chi connectivity index (χ1) is 12.8. The van der Waals surface area contributed by atoms with Crippen LogP contribution < -0.4 is 10.6 Å². The third kappa shape index (κ3) is 6.12. The fourth-order valence-corrected chi connectivity index (χ4v) is 1.96. The van der Waals surface area contributed by atoms with Crippen LogP contribution in [0.4, 0.5) is 23.0 Å². The van der Waals surface area contributed by atoms with Crippen molar-refractivity contribution < 1.29 is 19.4 Å². The number of amides is 2. The number of aromatic nitrogens is 2. The number of rotatable bonds is 8. The maximum atomic E-state index is 11.8. The number of anilines is 2. The van der Waals surface area contributed by atoms with Gasteiger partial charge < -0.3 is 10.6 Å². The predicted octanol–water partition coefficient (Wildman–Crippen LogP) is 2.04. The van der Waals surface area contributed by atoms with E-state index in [0.717, 1.165) is 12.4 Å². The highest BCUT2D eigenvalue weighted by molar-refractivity contribution is 5.92. The Kier molecular flexibility index (Phi) is 6.41. The highest BCUT2D eigenvalue weighted by atomic mass is 16.6. The van der Waals surface area contributed by atoms with E-state index in [1.807, 2.05) is 0 Å². The molecule has 27 heavy (non-hydrogen) atoms. The molecular weight excluding hydrogens is 360 g/mol. The van der Waals surface area contributed by atoms with Crippen LogP contribution in [0.1, 0.15) is 19.3 Å². The summed E-state index contributed by atoms with van der Waals surface area (Å²) in [5.41, 5.74) is -0.381. The fraction of sp³-hybridized carbons (Fsp3) is 0.200. The zero-order chi connectivity index (χ0) is 19.8. The molecule has 0 fully saturated rings. The molecule has 0 spiro atoms. The maximum Gasteiger partial charge on any atom is 0.287 e. The topological polar surface area (TPSA) is 170 Å². The van der Waals surface area contributed by atoms with Crippen molar-refractivity contribution in [1.29, 1.82) is 0 Å². The summed E-state index contributed by atoms with van der Waals surface area (Å²) in [5, 5.41) is 26.0. The van der Waals surface area contributed by atoms with Crippen LogP contribution in [0.15, 0.2) is 36.7 Å². The van der Waals surface area contributed by atoms with Crippen LogP contribution in [0.3, 0.4) is 0 Å². The summed E-state index contributed by atoms with van der Waals surface area (Å²) in [6.07, 6.45) is 2.39. The standard InChI is InChI=1S/C15H14N6O6/c22-14(18-12-6-4-10(8-16-12)20(24)25)2-1-3-15(23)19-13-7-5-11(9-17-13)21(26)27/h4-9H,1-3H2,(H,16,18,22)(H,17,19,23). The van der Waals surface area contributed by atoms with Gasteiger partial charge in [0.05, 0.1) is 9.85 Å². The number of hydrogen-bond acceptors (Lipinski definition) is 8. The van der Waals surface area contributed by atoms with Gasteiger partial charge in [-0.2, -0.15) is 0 Å². The van der Waals surface area contributed by atoms with Crippen molar-refractivity contribution in [3.63, 3.8) is 0 Å². The first-order valence-electron chi connectivity index (χ1n) is 7.66. The highest BCUT2D eigenvalue weighted by Gasteiger charge is 2.10. The lowest BCUT2D eigenvalue weighted by Crippen LogP contribution is -2.15. The Morgan fingerprint density at radius 2 is 1.22 bits per heavy atom. The molecule has 0 radical (unpaired) electrons. The molecule has 140 valence electrons. The lowest BCUT2D eigenvalue weighted by atomic mass is 10.2. The molecule has 2 heterocycles. The highest BCUT2D eigenvalue weighted by Crippen LogP contribution is 2.13. The van der Waals surface area contributed by atoms with Crippen LogP contribution in [0.25, 0.3) is 0 Å². The van der Waals surface area contributed by atoms with Crippen LogP contribution in [0.5, 0.6) is 0 Å². The van der Waals surface area contributed by atoms with Crippen molar-refractivity contribution in [2.24, 2.45) is 0 Å². The zero-order valence-electron chi connectivity index (χ0n) is 13.8. The van der Waals surface area contributed by atoms with Gasteiger partial charge in [0.15, 0.2) is 0 Å². The van der Waals surface area contributed by atoms with Crippen LogP contribution >= 0.6 is 0 Å². The zero-order valence-corrected chi connectivity index (χ0v) is 13.8. The van der Waals surface area contributed by atoms with E-state index >= 15 is 0 Å². The maximum absolute atomic E-state index is 11.8. The SMILES string of the molecule is O=C(CCCC(=O)Nc1ccc([N+](=O)[O-])cn1)Nc1ccc([N+](=O)[O-])cn1. The van der Waals surface area contributed by atoms with Crippen LogP contribution in [-0.4, -0.2) is 31.6 Å². The average molecular weight is 374 g/mol. The van der Waals surface area contributed by atoms with Gasteiger partial charge in [-0.15, -0.1) is 0 Å². The quantitative estimate of drug-likeness (QED) is 0.522. The number of hydrogen-bond donors (Lipinski definition) is 2. The fourth-order valence-electron chi connectivity index (χ4n) is 1.96. The van der Waals surface area contributed by atoms with E-state index in [1.165, 1.54) is 24.3 Å². The van der Waals surface area contributed by atoms with Crippen molar-refractivity contribution in [3.8, 4) is 0 Å². The summed E-state index contributed by atoms with van der Waals surface area (Å²) in [6.45, 7) is 0. The Morgan fingerprint density at radius 3 is 1.52 bits per heavy atom. The van der Waals surface area contributed by atoms with Crippen molar-refractivity contribution >= 4 is 34.8 Å². The number of nitrogens with zero attached hydrogens (tertiary/aromatic N) is 4.